The molecule has 1 aromatic rings. The van der Waals surface area contributed by atoms with Gasteiger partial charge >= 0.3 is 0 Å². The van der Waals surface area contributed by atoms with Gasteiger partial charge in [-0.05, 0) is 25.5 Å². The Morgan fingerprint density at radius 3 is 3.07 bits per heavy atom. The summed E-state index contributed by atoms with van der Waals surface area (Å²) in [6.07, 6.45) is 1.95. The number of rotatable bonds is 3. The Kier molecular flexibility index (Phi) is 3.02. The van der Waals surface area contributed by atoms with Crippen molar-refractivity contribution in [1.29, 1.82) is 0 Å². The molecule has 84 valence electrons. The van der Waals surface area contributed by atoms with Gasteiger partial charge in [-0.25, -0.2) is 0 Å². The van der Waals surface area contributed by atoms with Crippen LogP contribution in [0.15, 0.2) is 4.52 Å². The zero-order chi connectivity index (χ0) is 10.9. The van der Waals surface area contributed by atoms with Crippen LogP contribution in [-0.4, -0.2) is 21.6 Å². The summed E-state index contributed by atoms with van der Waals surface area (Å²) in [7, 11) is 0. The molecule has 2 unspecified atom stereocenters. The van der Waals surface area contributed by atoms with Gasteiger partial charge in [0.15, 0.2) is 5.82 Å². The Labute approximate surface area is 94.0 Å². The molecule has 0 bridgehead atoms. The normalized spacial score (nSPS) is 25.4. The predicted molar refractivity (Wildman–Crippen MR) is 60.8 cm³/mol. The van der Waals surface area contributed by atoms with Crippen LogP contribution in [-0.2, 0) is 5.54 Å². The van der Waals surface area contributed by atoms with Crippen LogP contribution in [0.5, 0.6) is 0 Å². The number of hydrogen-bond donors (Lipinski definition) is 1. The van der Waals surface area contributed by atoms with E-state index in [0.29, 0.717) is 11.7 Å². The summed E-state index contributed by atoms with van der Waals surface area (Å²) >= 11 is 1.94. The smallest absolute Gasteiger partial charge is 0.230 e. The molecular weight excluding hydrogens is 210 g/mol. The number of hydrogen-bond acceptors (Lipinski definition) is 5. The Balaban J connectivity index is 2.16. The van der Waals surface area contributed by atoms with Gasteiger partial charge in [-0.15, -0.1) is 0 Å². The van der Waals surface area contributed by atoms with Gasteiger partial charge in [0, 0.05) is 11.7 Å². The standard InChI is InChI=1S/C10H17N3OS/c1-3-10(2,11)9-12-8(14-13-9)7-4-5-15-6-7/h7H,3-6,11H2,1-2H3. The van der Waals surface area contributed by atoms with E-state index in [2.05, 4.69) is 10.1 Å². The number of thioether (sulfide) groups is 1. The molecule has 1 aliphatic rings. The summed E-state index contributed by atoms with van der Waals surface area (Å²) in [5, 5.41) is 3.98. The first-order valence-electron chi connectivity index (χ1n) is 5.34. The Bertz CT molecular complexity index is 331. The van der Waals surface area contributed by atoms with Crippen molar-refractivity contribution >= 4 is 11.8 Å². The highest BCUT2D eigenvalue weighted by atomic mass is 32.2. The predicted octanol–water partition coefficient (Wildman–Crippen LogP) is 1.87. The molecule has 4 nitrogen and oxygen atoms in total. The molecule has 2 heterocycles. The van der Waals surface area contributed by atoms with Crippen molar-refractivity contribution in [2.45, 2.75) is 38.1 Å². The Morgan fingerprint density at radius 1 is 1.67 bits per heavy atom. The first-order chi connectivity index (χ1) is 7.13. The van der Waals surface area contributed by atoms with Crippen molar-refractivity contribution in [2.75, 3.05) is 11.5 Å². The van der Waals surface area contributed by atoms with Crippen LogP contribution in [0.2, 0.25) is 0 Å². The van der Waals surface area contributed by atoms with E-state index in [4.69, 9.17) is 10.3 Å². The average molecular weight is 227 g/mol. The highest BCUT2D eigenvalue weighted by molar-refractivity contribution is 7.99. The van der Waals surface area contributed by atoms with E-state index in [1.807, 2.05) is 25.6 Å². The summed E-state index contributed by atoms with van der Waals surface area (Å²) in [6, 6.07) is 0. The molecule has 0 radical (unpaired) electrons. The fourth-order valence-corrected chi connectivity index (χ4v) is 2.73. The van der Waals surface area contributed by atoms with Gasteiger partial charge in [0.05, 0.1) is 5.54 Å². The molecule has 2 rings (SSSR count). The van der Waals surface area contributed by atoms with Crippen molar-refractivity contribution in [3.05, 3.63) is 11.7 Å². The SMILES string of the molecule is CCC(C)(N)c1noc(C2CCSC2)n1. The monoisotopic (exact) mass is 227 g/mol. The second-order valence-corrected chi connectivity index (χ2v) is 5.44. The molecule has 1 aliphatic heterocycles. The highest BCUT2D eigenvalue weighted by Crippen LogP contribution is 2.32. The van der Waals surface area contributed by atoms with Crippen molar-refractivity contribution < 1.29 is 4.52 Å². The fourth-order valence-electron chi connectivity index (χ4n) is 1.52. The molecule has 1 saturated heterocycles. The molecule has 0 aromatic carbocycles. The lowest BCUT2D eigenvalue weighted by Gasteiger charge is -2.16. The summed E-state index contributed by atoms with van der Waals surface area (Å²) < 4.78 is 5.28. The van der Waals surface area contributed by atoms with E-state index in [9.17, 15) is 0 Å². The lowest BCUT2D eigenvalue weighted by molar-refractivity contribution is 0.341. The zero-order valence-electron chi connectivity index (χ0n) is 9.19. The molecule has 2 N–H and O–H groups in total. The van der Waals surface area contributed by atoms with Gasteiger partial charge in [0.2, 0.25) is 5.89 Å². The Hall–Kier alpha value is -0.550. The number of aromatic nitrogens is 2. The number of nitrogens with zero attached hydrogens (tertiary/aromatic N) is 2. The second kappa shape index (κ2) is 4.14. The molecular formula is C10H17N3OS. The maximum absolute atomic E-state index is 6.06. The minimum absolute atomic E-state index is 0.434. The second-order valence-electron chi connectivity index (χ2n) is 4.29. The van der Waals surface area contributed by atoms with E-state index in [1.165, 1.54) is 5.75 Å². The maximum Gasteiger partial charge on any atom is 0.230 e. The minimum Gasteiger partial charge on any atom is -0.339 e. The maximum atomic E-state index is 6.06. The molecule has 15 heavy (non-hydrogen) atoms. The van der Waals surface area contributed by atoms with Gasteiger partial charge in [0.25, 0.3) is 0 Å². The summed E-state index contributed by atoms with van der Waals surface area (Å²) in [6.45, 7) is 3.96. The van der Waals surface area contributed by atoms with Gasteiger partial charge in [-0.3, -0.25) is 0 Å². The number of nitrogens with two attached hydrogens (primary N) is 1. The van der Waals surface area contributed by atoms with Crippen LogP contribution < -0.4 is 5.73 Å². The molecule has 0 spiro atoms. The first-order valence-corrected chi connectivity index (χ1v) is 6.49. The lowest BCUT2D eigenvalue weighted by atomic mass is 10.00. The van der Waals surface area contributed by atoms with Crippen LogP contribution in [0, 0.1) is 0 Å². The largest absolute Gasteiger partial charge is 0.339 e. The van der Waals surface area contributed by atoms with Crippen molar-refractivity contribution in [1.82, 2.24) is 10.1 Å². The van der Waals surface area contributed by atoms with Gasteiger partial charge < -0.3 is 10.3 Å². The van der Waals surface area contributed by atoms with Gasteiger partial charge in [-0.1, -0.05) is 12.1 Å². The third-order valence-corrected chi connectivity index (χ3v) is 4.13. The van der Waals surface area contributed by atoms with Gasteiger partial charge in [0.1, 0.15) is 0 Å². The van der Waals surface area contributed by atoms with Crippen LogP contribution >= 0.6 is 11.8 Å². The quantitative estimate of drug-likeness (QED) is 0.854. The van der Waals surface area contributed by atoms with E-state index >= 15 is 0 Å². The molecule has 0 amide bonds. The van der Waals surface area contributed by atoms with E-state index in [0.717, 1.165) is 24.5 Å². The topological polar surface area (TPSA) is 64.9 Å². The molecule has 5 heteroatoms. The van der Waals surface area contributed by atoms with E-state index in [1.54, 1.807) is 0 Å². The summed E-state index contributed by atoms with van der Waals surface area (Å²) in [5.74, 6) is 4.12. The van der Waals surface area contributed by atoms with Gasteiger partial charge in [-0.2, -0.15) is 16.7 Å². The molecule has 1 fully saturated rings. The van der Waals surface area contributed by atoms with Crippen LogP contribution in [0.25, 0.3) is 0 Å². The van der Waals surface area contributed by atoms with Crippen molar-refractivity contribution in [2.24, 2.45) is 5.73 Å². The van der Waals surface area contributed by atoms with Crippen LogP contribution in [0.4, 0.5) is 0 Å². The molecule has 2 atom stereocenters. The lowest BCUT2D eigenvalue weighted by Crippen LogP contribution is -2.33. The molecule has 0 aliphatic carbocycles. The zero-order valence-corrected chi connectivity index (χ0v) is 10.0. The van der Waals surface area contributed by atoms with Crippen LogP contribution in [0.3, 0.4) is 0 Å². The molecule has 1 aromatic heterocycles. The third kappa shape index (κ3) is 2.18. The van der Waals surface area contributed by atoms with E-state index < -0.39 is 5.54 Å². The van der Waals surface area contributed by atoms with Crippen LogP contribution in [0.1, 0.15) is 44.3 Å². The fraction of sp³-hybridized carbons (Fsp3) is 0.800. The summed E-state index contributed by atoms with van der Waals surface area (Å²) in [5.41, 5.74) is 5.59. The van der Waals surface area contributed by atoms with Crippen molar-refractivity contribution in [3.8, 4) is 0 Å². The average Bonchev–Trinajstić information content (AvgIpc) is 2.88. The highest BCUT2D eigenvalue weighted by Gasteiger charge is 2.29. The minimum atomic E-state index is -0.465. The first kappa shape index (κ1) is 11.0. The Morgan fingerprint density at radius 2 is 2.47 bits per heavy atom. The molecule has 0 saturated carbocycles. The third-order valence-electron chi connectivity index (χ3n) is 2.97. The summed E-state index contributed by atoms with van der Waals surface area (Å²) in [4.78, 5) is 4.42. The van der Waals surface area contributed by atoms with Crippen molar-refractivity contribution in [3.63, 3.8) is 0 Å². The van der Waals surface area contributed by atoms with E-state index in [-0.39, 0.29) is 0 Å².